The van der Waals surface area contributed by atoms with Crippen LogP contribution < -0.4 is 5.73 Å². The van der Waals surface area contributed by atoms with Crippen LogP contribution in [0.25, 0.3) is 0 Å². The molecule has 5 nitrogen and oxygen atoms in total. The van der Waals surface area contributed by atoms with Gasteiger partial charge in [0.25, 0.3) is 5.91 Å². The highest BCUT2D eigenvalue weighted by Crippen LogP contribution is 2.24. The second-order valence-electron chi connectivity index (χ2n) is 5.17. The maximum absolute atomic E-state index is 12.5. The number of hydrogen-bond acceptors (Lipinski definition) is 4. The van der Waals surface area contributed by atoms with E-state index < -0.39 is 0 Å². The number of aromatic nitrogens is 1. The number of amides is 1. The van der Waals surface area contributed by atoms with Gasteiger partial charge < -0.3 is 10.6 Å². The van der Waals surface area contributed by atoms with Crippen LogP contribution in [0.5, 0.6) is 0 Å². The summed E-state index contributed by atoms with van der Waals surface area (Å²) in [7, 11) is 0. The number of pyridine rings is 1. The van der Waals surface area contributed by atoms with Gasteiger partial charge in [-0.2, -0.15) is 0 Å². The maximum Gasteiger partial charge on any atom is 0.257 e. The largest absolute Gasteiger partial charge is 0.383 e. The van der Waals surface area contributed by atoms with Crippen LogP contribution in [0.1, 0.15) is 23.2 Å². The molecule has 2 aliphatic rings. The fourth-order valence-corrected chi connectivity index (χ4v) is 3.30. The van der Waals surface area contributed by atoms with Gasteiger partial charge in [0, 0.05) is 36.3 Å². The molecule has 0 radical (unpaired) electrons. The van der Waals surface area contributed by atoms with E-state index in [4.69, 9.17) is 5.73 Å². The predicted molar refractivity (Wildman–Crippen MR) is 76.8 cm³/mol. The van der Waals surface area contributed by atoms with Gasteiger partial charge in [-0.05, 0) is 41.4 Å². The summed E-state index contributed by atoms with van der Waals surface area (Å²) < 4.78 is 0.782. The molecule has 19 heavy (non-hydrogen) atoms. The fourth-order valence-electron chi connectivity index (χ4n) is 2.97. The number of halogens is 1. The number of carbonyl (C=O) groups is 1. The van der Waals surface area contributed by atoms with E-state index in [-0.39, 0.29) is 5.91 Å². The second kappa shape index (κ2) is 5.09. The molecule has 1 aromatic rings. The van der Waals surface area contributed by atoms with E-state index in [1.165, 1.54) is 19.4 Å². The fraction of sp³-hybridized carbons (Fsp3) is 0.538. The molecule has 6 heteroatoms. The average molecular weight is 325 g/mol. The molecule has 1 atom stereocenters. The van der Waals surface area contributed by atoms with Gasteiger partial charge in [-0.15, -0.1) is 0 Å². The van der Waals surface area contributed by atoms with Crippen LogP contribution in [0.15, 0.2) is 16.7 Å². The van der Waals surface area contributed by atoms with Gasteiger partial charge in [0.1, 0.15) is 5.82 Å². The predicted octanol–water partition coefficient (Wildman–Crippen LogP) is 1.35. The van der Waals surface area contributed by atoms with Crippen molar-refractivity contribution in [2.75, 3.05) is 31.9 Å². The molecule has 3 heterocycles. The van der Waals surface area contributed by atoms with E-state index in [2.05, 4.69) is 25.8 Å². The quantitative estimate of drug-likeness (QED) is 0.847. The van der Waals surface area contributed by atoms with Crippen molar-refractivity contribution in [1.82, 2.24) is 14.8 Å². The molecule has 0 bridgehead atoms. The SMILES string of the molecule is Nc1ncc(Br)cc1C(=O)N1CCN2CCCC2C1. The summed E-state index contributed by atoms with van der Waals surface area (Å²) in [5.74, 6) is 0.305. The molecule has 0 aromatic carbocycles. The van der Waals surface area contributed by atoms with Crippen molar-refractivity contribution in [3.8, 4) is 0 Å². The molecule has 2 saturated heterocycles. The third-order valence-corrected chi connectivity index (χ3v) is 4.42. The first-order valence-electron chi connectivity index (χ1n) is 6.59. The summed E-state index contributed by atoms with van der Waals surface area (Å²) in [5, 5.41) is 0. The smallest absolute Gasteiger partial charge is 0.257 e. The lowest BCUT2D eigenvalue weighted by Gasteiger charge is -2.37. The van der Waals surface area contributed by atoms with E-state index in [0.717, 1.165) is 24.1 Å². The Bertz CT molecular complexity index is 507. The minimum Gasteiger partial charge on any atom is -0.383 e. The van der Waals surface area contributed by atoms with E-state index >= 15 is 0 Å². The standard InChI is InChI=1S/C13H17BrN4O/c14-9-6-11(12(15)16-7-9)13(19)18-5-4-17-3-1-2-10(17)8-18/h6-7,10H,1-5,8H2,(H2,15,16). The number of nitrogen functional groups attached to an aromatic ring is 1. The van der Waals surface area contributed by atoms with Crippen molar-refractivity contribution in [2.45, 2.75) is 18.9 Å². The number of rotatable bonds is 1. The molecule has 0 saturated carbocycles. The number of nitrogens with two attached hydrogens (primary N) is 1. The van der Waals surface area contributed by atoms with Crippen LogP contribution in [0.3, 0.4) is 0 Å². The molecular weight excluding hydrogens is 308 g/mol. The number of nitrogens with zero attached hydrogens (tertiary/aromatic N) is 3. The molecule has 2 N–H and O–H groups in total. The molecule has 1 unspecified atom stereocenters. The molecular formula is C13H17BrN4O. The Labute approximate surface area is 120 Å². The summed E-state index contributed by atoms with van der Waals surface area (Å²) in [6.45, 7) is 3.73. The number of fused-ring (bicyclic) bond motifs is 1. The lowest BCUT2D eigenvalue weighted by atomic mass is 10.1. The van der Waals surface area contributed by atoms with Crippen molar-refractivity contribution >= 4 is 27.7 Å². The Morgan fingerprint density at radius 2 is 2.26 bits per heavy atom. The molecule has 3 rings (SSSR count). The van der Waals surface area contributed by atoms with Gasteiger partial charge in [-0.1, -0.05) is 0 Å². The number of piperazine rings is 1. The number of carbonyl (C=O) groups excluding carboxylic acids is 1. The zero-order chi connectivity index (χ0) is 13.4. The van der Waals surface area contributed by atoms with Gasteiger partial charge in [0.15, 0.2) is 0 Å². The maximum atomic E-state index is 12.5. The highest BCUT2D eigenvalue weighted by molar-refractivity contribution is 9.10. The van der Waals surface area contributed by atoms with E-state index in [0.29, 0.717) is 17.4 Å². The molecule has 2 aliphatic heterocycles. The zero-order valence-electron chi connectivity index (χ0n) is 10.7. The minimum atomic E-state index is -0.00199. The topological polar surface area (TPSA) is 62.5 Å². The Hall–Kier alpha value is -1.14. The van der Waals surface area contributed by atoms with Gasteiger partial charge in [-0.3, -0.25) is 9.69 Å². The Balaban J connectivity index is 1.78. The Morgan fingerprint density at radius 1 is 1.42 bits per heavy atom. The van der Waals surface area contributed by atoms with E-state index in [9.17, 15) is 4.79 Å². The molecule has 2 fully saturated rings. The van der Waals surface area contributed by atoms with Crippen molar-refractivity contribution in [2.24, 2.45) is 0 Å². The van der Waals surface area contributed by atoms with Crippen LogP contribution in [0.2, 0.25) is 0 Å². The normalized spacial score (nSPS) is 23.4. The number of anilines is 1. The van der Waals surface area contributed by atoms with Crippen molar-refractivity contribution in [3.05, 3.63) is 22.3 Å². The highest BCUT2D eigenvalue weighted by Gasteiger charge is 2.33. The van der Waals surface area contributed by atoms with E-state index in [1.54, 1.807) is 12.3 Å². The van der Waals surface area contributed by atoms with Crippen LogP contribution in [0, 0.1) is 0 Å². The molecule has 0 spiro atoms. The number of hydrogen-bond donors (Lipinski definition) is 1. The summed E-state index contributed by atoms with van der Waals surface area (Å²) in [6, 6.07) is 2.28. The third-order valence-electron chi connectivity index (χ3n) is 3.99. The first-order chi connectivity index (χ1) is 9.15. The van der Waals surface area contributed by atoms with Gasteiger partial charge in [0.05, 0.1) is 5.56 Å². The van der Waals surface area contributed by atoms with Gasteiger partial charge >= 0.3 is 0 Å². The summed E-state index contributed by atoms with van der Waals surface area (Å²) in [4.78, 5) is 20.9. The molecule has 102 valence electrons. The van der Waals surface area contributed by atoms with E-state index in [1.807, 2.05) is 4.90 Å². The van der Waals surface area contributed by atoms with Crippen LogP contribution >= 0.6 is 15.9 Å². The minimum absolute atomic E-state index is 0.00199. The highest BCUT2D eigenvalue weighted by atomic mass is 79.9. The van der Waals surface area contributed by atoms with Crippen molar-refractivity contribution < 1.29 is 4.79 Å². The lowest BCUT2D eigenvalue weighted by molar-refractivity contribution is 0.0572. The third kappa shape index (κ3) is 2.47. The van der Waals surface area contributed by atoms with Crippen molar-refractivity contribution in [1.29, 1.82) is 0 Å². The summed E-state index contributed by atoms with van der Waals surface area (Å²) >= 11 is 3.34. The molecule has 1 amide bonds. The van der Waals surface area contributed by atoms with Crippen LogP contribution in [0.4, 0.5) is 5.82 Å². The first kappa shape index (κ1) is 12.9. The Morgan fingerprint density at radius 3 is 3.11 bits per heavy atom. The van der Waals surface area contributed by atoms with Gasteiger partial charge in [0.2, 0.25) is 0 Å². The lowest BCUT2D eigenvalue weighted by Crippen LogP contribution is -2.52. The summed E-state index contributed by atoms with van der Waals surface area (Å²) in [5.41, 5.74) is 6.31. The second-order valence-corrected chi connectivity index (χ2v) is 6.09. The Kier molecular flexibility index (Phi) is 3.45. The van der Waals surface area contributed by atoms with Gasteiger partial charge in [-0.25, -0.2) is 4.98 Å². The summed E-state index contributed by atoms with van der Waals surface area (Å²) in [6.07, 6.45) is 4.05. The van der Waals surface area contributed by atoms with Crippen LogP contribution in [-0.2, 0) is 0 Å². The average Bonchev–Trinajstić information content (AvgIpc) is 2.88. The zero-order valence-corrected chi connectivity index (χ0v) is 12.3. The molecule has 1 aromatic heterocycles. The molecule has 0 aliphatic carbocycles. The van der Waals surface area contributed by atoms with Crippen molar-refractivity contribution in [3.63, 3.8) is 0 Å². The first-order valence-corrected chi connectivity index (χ1v) is 7.39. The monoisotopic (exact) mass is 324 g/mol. The van der Waals surface area contributed by atoms with Crippen LogP contribution in [-0.4, -0.2) is 52.9 Å².